The van der Waals surface area contributed by atoms with E-state index >= 15 is 0 Å². The van der Waals surface area contributed by atoms with Gasteiger partial charge in [0.05, 0.1) is 5.02 Å². The Morgan fingerprint density at radius 2 is 2.05 bits per heavy atom. The molecule has 0 aliphatic heterocycles. The van der Waals surface area contributed by atoms with Crippen LogP contribution >= 0.6 is 27.5 Å². The molecule has 20 heavy (non-hydrogen) atoms. The van der Waals surface area contributed by atoms with Crippen LogP contribution in [0, 0.1) is 0 Å². The SMILES string of the molecule is CC(C)(C)OC(=O)NCCNCc1ccc(Br)c(Cl)c1. The molecule has 0 spiro atoms. The van der Waals surface area contributed by atoms with Gasteiger partial charge in [0, 0.05) is 24.1 Å². The second-order valence-corrected chi connectivity index (χ2v) is 6.62. The molecule has 0 saturated heterocycles. The Morgan fingerprint density at radius 1 is 1.35 bits per heavy atom. The second-order valence-electron chi connectivity index (χ2n) is 5.35. The molecule has 1 rings (SSSR count). The van der Waals surface area contributed by atoms with E-state index in [1.807, 2.05) is 39.0 Å². The van der Waals surface area contributed by atoms with E-state index in [1.54, 1.807) is 0 Å². The predicted molar refractivity (Wildman–Crippen MR) is 85.1 cm³/mol. The Labute approximate surface area is 133 Å². The number of nitrogens with one attached hydrogen (secondary N) is 2. The minimum atomic E-state index is -0.467. The summed E-state index contributed by atoms with van der Waals surface area (Å²) < 4.78 is 6.01. The maximum absolute atomic E-state index is 11.4. The second kappa shape index (κ2) is 7.86. The molecular formula is C14H20BrClN2O2. The van der Waals surface area contributed by atoms with Gasteiger partial charge in [-0.15, -0.1) is 0 Å². The third-order valence-corrected chi connectivity index (χ3v) is 3.52. The predicted octanol–water partition coefficient (Wildman–Crippen LogP) is 3.72. The molecule has 0 saturated carbocycles. The van der Waals surface area contributed by atoms with E-state index in [2.05, 4.69) is 26.6 Å². The summed E-state index contributed by atoms with van der Waals surface area (Å²) in [7, 11) is 0. The standard InChI is InChI=1S/C14H20BrClN2O2/c1-14(2,3)20-13(19)18-7-6-17-9-10-4-5-11(15)12(16)8-10/h4-5,8,17H,6-7,9H2,1-3H3,(H,18,19). The lowest BCUT2D eigenvalue weighted by Gasteiger charge is -2.19. The van der Waals surface area contributed by atoms with Crippen molar-refractivity contribution in [3.8, 4) is 0 Å². The molecule has 6 heteroatoms. The number of carbonyl (C=O) groups is 1. The number of ether oxygens (including phenoxy) is 1. The smallest absolute Gasteiger partial charge is 0.407 e. The molecule has 0 aromatic heterocycles. The largest absolute Gasteiger partial charge is 0.444 e. The highest BCUT2D eigenvalue weighted by Gasteiger charge is 2.15. The van der Waals surface area contributed by atoms with Crippen LogP contribution in [0.3, 0.4) is 0 Å². The van der Waals surface area contributed by atoms with Gasteiger partial charge >= 0.3 is 6.09 Å². The van der Waals surface area contributed by atoms with Crippen molar-refractivity contribution >= 4 is 33.6 Å². The summed E-state index contributed by atoms with van der Waals surface area (Å²) in [4.78, 5) is 11.4. The Bertz CT molecular complexity index is 461. The topological polar surface area (TPSA) is 50.4 Å². The molecular weight excluding hydrogens is 344 g/mol. The summed E-state index contributed by atoms with van der Waals surface area (Å²) in [5.41, 5.74) is 0.626. The van der Waals surface area contributed by atoms with Crippen molar-refractivity contribution in [2.24, 2.45) is 0 Å². The summed E-state index contributed by atoms with van der Waals surface area (Å²) in [5.74, 6) is 0. The van der Waals surface area contributed by atoms with E-state index in [4.69, 9.17) is 16.3 Å². The molecule has 1 aromatic rings. The molecule has 0 bridgehead atoms. The average molecular weight is 364 g/mol. The Morgan fingerprint density at radius 3 is 2.65 bits per heavy atom. The van der Waals surface area contributed by atoms with Gasteiger partial charge in [0.1, 0.15) is 5.60 Å². The van der Waals surface area contributed by atoms with Crippen LogP contribution in [-0.4, -0.2) is 24.8 Å². The van der Waals surface area contributed by atoms with Crippen LogP contribution in [-0.2, 0) is 11.3 Å². The Kier molecular flexibility index (Phi) is 6.79. The van der Waals surface area contributed by atoms with Gasteiger partial charge in [-0.05, 0) is 54.4 Å². The first kappa shape index (κ1) is 17.3. The van der Waals surface area contributed by atoms with Gasteiger partial charge < -0.3 is 15.4 Å². The van der Waals surface area contributed by atoms with Crippen LogP contribution in [0.25, 0.3) is 0 Å². The Hall–Kier alpha value is -0.780. The zero-order valence-electron chi connectivity index (χ0n) is 11.9. The molecule has 0 aliphatic rings. The van der Waals surface area contributed by atoms with Crippen molar-refractivity contribution in [2.45, 2.75) is 32.9 Å². The minimum absolute atomic E-state index is 0.397. The van der Waals surface area contributed by atoms with Crippen molar-refractivity contribution in [3.05, 3.63) is 33.3 Å². The molecule has 1 amide bonds. The van der Waals surface area contributed by atoms with E-state index in [1.165, 1.54) is 0 Å². The quantitative estimate of drug-likeness (QED) is 0.784. The van der Waals surface area contributed by atoms with Gasteiger partial charge in [-0.1, -0.05) is 17.7 Å². The molecule has 0 unspecified atom stereocenters. The number of rotatable bonds is 5. The first-order chi connectivity index (χ1) is 9.28. The number of hydrogen-bond acceptors (Lipinski definition) is 3. The Balaban J connectivity index is 2.19. The lowest BCUT2D eigenvalue weighted by Crippen LogP contribution is -2.36. The van der Waals surface area contributed by atoms with Crippen LogP contribution in [0.1, 0.15) is 26.3 Å². The summed E-state index contributed by atoms with van der Waals surface area (Å²) in [5, 5.41) is 6.60. The van der Waals surface area contributed by atoms with Crippen LogP contribution in [0.5, 0.6) is 0 Å². The van der Waals surface area contributed by atoms with Gasteiger partial charge in [0.15, 0.2) is 0 Å². The number of halogens is 2. The van der Waals surface area contributed by atoms with Gasteiger partial charge in [0.2, 0.25) is 0 Å². The number of amides is 1. The molecule has 0 heterocycles. The normalized spacial score (nSPS) is 11.2. The lowest BCUT2D eigenvalue weighted by molar-refractivity contribution is 0.0528. The molecule has 2 N–H and O–H groups in total. The maximum Gasteiger partial charge on any atom is 0.407 e. The van der Waals surface area contributed by atoms with Gasteiger partial charge in [-0.2, -0.15) is 0 Å². The molecule has 4 nitrogen and oxygen atoms in total. The summed E-state index contributed by atoms with van der Waals surface area (Å²) >= 11 is 9.36. The fraction of sp³-hybridized carbons (Fsp3) is 0.500. The van der Waals surface area contributed by atoms with Crippen molar-refractivity contribution < 1.29 is 9.53 Å². The van der Waals surface area contributed by atoms with E-state index in [0.717, 1.165) is 10.0 Å². The van der Waals surface area contributed by atoms with Crippen molar-refractivity contribution in [2.75, 3.05) is 13.1 Å². The highest BCUT2D eigenvalue weighted by molar-refractivity contribution is 9.10. The van der Waals surface area contributed by atoms with E-state index < -0.39 is 11.7 Å². The first-order valence-corrected chi connectivity index (χ1v) is 7.56. The minimum Gasteiger partial charge on any atom is -0.444 e. The molecule has 0 atom stereocenters. The van der Waals surface area contributed by atoms with Gasteiger partial charge in [0.25, 0.3) is 0 Å². The highest BCUT2D eigenvalue weighted by Crippen LogP contribution is 2.22. The van der Waals surface area contributed by atoms with E-state index in [0.29, 0.717) is 24.7 Å². The number of benzene rings is 1. The summed E-state index contributed by atoms with van der Waals surface area (Å²) in [6.45, 7) is 7.38. The molecule has 0 aliphatic carbocycles. The number of alkyl carbamates (subject to hydrolysis) is 1. The fourth-order valence-corrected chi connectivity index (χ4v) is 1.90. The highest BCUT2D eigenvalue weighted by atomic mass is 79.9. The molecule has 112 valence electrons. The molecule has 0 fully saturated rings. The summed E-state index contributed by atoms with van der Waals surface area (Å²) in [6, 6.07) is 5.81. The van der Waals surface area contributed by atoms with Crippen LogP contribution in [0.4, 0.5) is 4.79 Å². The van der Waals surface area contributed by atoms with Crippen LogP contribution < -0.4 is 10.6 Å². The lowest BCUT2D eigenvalue weighted by atomic mass is 10.2. The van der Waals surface area contributed by atoms with Crippen LogP contribution in [0.2, 0.25) is 5.02 Å². The zero-order valence-corrected chi connectivity index (χ0v) is 14.3. The van der Waals surface area contributed by atoms with Gasteiger partial charge in [-0.3, -0.25) is 0 Å². The summed E-state index contributed by atoms with van der Waals surface area (Å²) in [6.07, 6.45) is -0.397. The average Bonchev–Trinajstić information content (AvgIpc) is 2.31. The molecule has 1 aromatic carbocycles. The van der Waals surface area contributed by atoms with Crippen molar-refractivity contribution in [3.63, 3.8) is 0 Å². The van der Waals surface area contributed by atoms with E-state index in [9.17, 15) is 4.79 Å². The molecule has 0 radical (unpaired) electrons. The van der Waals surface area contributed by atoms with Gasteiger partial charge in [-0.25, -0.2) is 4.79 Å². The monoisotopic (exact) mass is 362 g/mol. The van der Waals surface area contributed by atoms with E-state index in [-0.39, 0.29) is 0 Å². The third kappa shape index (κ3) is 7.12. The van der Waals surface area contributed by atoms with Crippen molar-refractivity contribution in [1.29, 1.82) is 0 Å². The fourth-order valence-electron chi connectivity index (χ4n) is 1.45. The zero-order chi connectivity index (χ0) is 15.2. The van der Waals surface area contributed by atoms with Crippen molar-refractivity contribution in [1.82, 2.24) is 10.6 Å². The third-order valence-electron chi connectivity index (χ3n) is 2.28. The first-order valence-electron chi connectivity index (χ1n) is 6.39. The number of carbonyl (C=O) groups excluding carboxylic acids is 1. The maximum atomic E-state index is 11.4. The number of hydrogen-bond donors (Lipinski definition) is 2. The van der Waals surface area contributed by atoms with Crippen LogP contribution in [0.15, 0.2) is 22.7 Å².